The molecule has 3 aromatic carbocycles. The number of hydrogen-bond donors (Lipinski definition) is 2. The molecule has 1 heterocycles. The van der Waals surface area contributed by atoms with E-state index in [1.165, 1.54) is 18.0 Å². The maximum absolute atomic E-state index is 9.10. The molecule has 0 aliphatic rings. The predicted octanol–water partition coefficient (Wildman–Crippen LogP) is 4.72. The Labute approximate surface area is 177 Å². The molecule has 0 aliphatic carbocycles. The molecule has 7 nitrogen and oxygen atoms in total. The van der Waals surface area contributed by atoms with E-state index in [0.29, 0.717) is 11.5 Å². The predicted molar refractivity (Wildman–Crippen MR) is 119 cm³/mol. The van der Waals surface area contributed by atoms with Crippen molar-refractivity contribution in [2.24, 2.45) is 0 Å². The molecule has 0 atom stereocenters. The SMILES string of the molecule is N#C/C=C/c1ccc(Nc2nc(N)n(Sc3cccc4cc(C#N)ccc34)n2)cc1. The molecule has 0 aliphatic heterocycles. The topological polar surface area (TPSA) is 116 Å². The third kappa shape index (κ3) is 4.09. The molecule has 0 saturated carbocycles. The van der Waals surface area contributed by atoms with Crippen LogP contribution in [0.15, 0.2) is 71.6 Å². The maximum Gasteiger partial charge on any atom is 0.249 e. The van der Waals surface area contributed by atoms with E-state index < -0.39 is 0 Å². The van der Waals surface area contributed by atoms with Gasteiger partial charge in [-0.1, -0.05) is 30.3 Å². The second-order valence-corrected chi connectivity index (χ2v) is 7.24. The number of nitrogens with two attached hydrogens (primary N) is 1. The van der Waals surface area contributed by atoms with Gasteiger partial charge in [-0.25, -0.2) is 0 Å². The van der Waals surface area contributed by atoms with Crippen molar-refractivity contribution < 1.29 is 0 Å². The summed E-state index contributed by atoms with van der Waals surface area (Å²) in [7, 11) is 0. The number of anilines is 3. The van der Waals surface area contributed by atoms with Gasteiger partial charge in [0.2, 0.25) is 11.9 Å². The van der Waals surface area contributed by atoms with Gasteiger partial charge in [-0.15, -0.1) is 5.10 Å². The average molecular weight is 409 g/mol. The van der Waals surface area contributed by atoms with E-state index in [4.69, 9.17) is 16.3 Å². The first-order valence-corrected chi connectivity index (χ1v) is 9.70. The fourth-order valence-electron chi connectivity index (χ4n) is 2.87. The van der Waals surface area contributed by atoms with Crippen molar-refractivity contribution in [1.82, 2.24) is 14.2 Å². The molecule has 30 heavy (non-hydrogen) atoms. The van der Waals surface area contributed by atoms with Gasteiger partial charge in [0.25, 0.3) is 0 Å². The van der Waals surface area contributed by atoms with Gasteiger partial charge >= 0.3 is 0 Å². The van der Waals surface area contributed by atoms with Crippen molar-refractivity contribution in [1.29, 1.82) is 10.5 Å². The highest BCUT2D eigenvalue weighted by atomic mass is 32.2. The van der Waals surface area contributed by atoms with Gasteiger partial charge in [0.05, 0.1) is 17.7 Å². The van der Waals surface area contributed by atoms with Crippen molar-refractivity contribution in [3.8, 4) is 12.1 Å². The van der Waals surface area contributed by atoms with Crippen molar-refractivity contribution in [3.05, 3.63) is 77.9 Å². The molecule has 0 fully saturated rings. The lowest BCUT2D eigenvalue weighted by molar-refractivity contribution is 1.02. The van der Waals surface area contributed by atoms with Gasteiger partial charge in [-0.2, -0.15) is 19.6 Å². The largest absolute Gasteiger partial charge is 0.367 e. The monoisotopic (exact) mass is 409 g/mol. The van der Waals surface area contributed by atoms with Crippen molar-refractivity contribution in [2.45, 2.75) is 4.90 Å². The van der Waals surface area contributed by atoms with Gasteiger partial charge in [0, 0.05) is 28.6 Å². The molecule has 0 unspecified atom stereocenters. The minimum Gasteiger partial charge on any atom is -0.367 e. The fourth-order valence-corrected chi connectivity index (χ4v) is 3.73. The summed E-state index contributed by atoms with van der Waals surface area (Å²) < 4.78 is 1.55. The van der Waals surface area contributed by atoms with Crippen LogP contribution < -0.4 is 11.1 Å². The molecular formula is C22H15N7S. The van der Waals surface area contributed by atoms with E-state index in [1.54, 1.807) is 16.2 Å². The van der Waals surface area contributed by atoms with Crippen LogP contribution in [0.4, 0.5) is 17.6 Å². The number of hydrogen-bond acceptors (Lipinski definition) is 7. The number of nitrogen functional groups attached to an aromatic ring is 1. The first-order valence-electron chi connectivity index (χ1n) is 8.93. The van der Waals surface area contributed by atoms with E-state index in [1.807, 2.05) is 60.7 Å². The van der Waals surface area contributed by atoms with Crippen LogP contribution in [0.3, 0.4) is 0 Å². The summed E-state index contributed by atoms with van der Waals surface area (Å²) in [6, 6.07) is 23.1. The summed E-state index contributed by atoms with van der Waals surface area (Å²) in [6.45, 7) is 0. The number of benzene rings is 3. The van der Waals surface area contributed by atoms with Crippen LogP contribution in [0, 0.1) is 22.7 Å². The molecule has 0 radical (unpaired) electrons. The molecule has 1 aromatic heterocycles. The quantitative estimate of drug-likeness (QED) is 0.458. The normalized spacial score (nSPS) is 10.7. The van der Waals surface area contributed by atoms with E-state index in [0.717, 1.165) is 26.9 Å². The van der Waals surface area contributed by atoms with E-state index in [9.17, 15) is 0 Å². The molecule has 0 spiro atoms. The minimum atomic E-state index is 0.265. The zero-order chi connectivity index (χ0) is 20.9. The van der Waals surface area contributed by atoms with Gasteiger partial charge in [-0.05, 0) is 52.7 Å². The summed E-state index contributed by atoms with van der Waals surface area (Å²) in [5, 5.41) is 27.2. The van der Waals surface area contributed by atoms with Crippen LogP contribution in [0.2, 0.25) is 0 Å². The van der Waals surface area contributed by atoms with Crippen molar-refractivity contribution in [3.63, 3.8) is 0 Å². The Hall–Kier alpha value is -4.27. The summed E-state index contributed by atoms with van der Waals surface area (Å²) in [6.07, 6.45) is 3.16. The smallest absolute Gasteiger partial charge is 0.249 e. The number of allylic oxidation sites excluding steroid dienone is 1. The highest BCUT2D eigenvalue weighted by Crippen LogP contribution is 2.31. The lowest BCUT2D eigenvalue weighted by Gasteiger charge is -2.06. The summed E-state index contributed by atoms with van der Waals surface area (Å²) in [4.78, 5) is 5.23. The molecule has 4 aromatic rings. The molecule has 8 heteroatoms. The molecule has 4 rings (SSSR count). The zero-order valence-electron chi connectivity index (χ0n) is 15.6. The molecule has 0 amide bonds. The lowest BCUT2D eigenvalue weighted by atomic mass is 10.1. The van der Waals surface area contributed by atoms with Gasteiger partial charge in [0.15, 0.2) is 0 Å². The van der Waals surface area contributed by atoms with Crippen LogP contribution in [-0.2, 0) is 0 Å². The highest BCUT2D eigenvalue weighted by molar-refractivity contribution is 7.98. The standard InChI is InChI=1S/C22H15N7S/c23-12-2-3-15-6-9-18(10-7-15)26-22-27-21(25)29(28-22)30-20-5-1-4-17-13-16(14-24)8-11-19(17)20/h1-11,13H,(H3,25,26,27,28)/b3-2+. The van der Waals surface area contributed by atoms with Crippen LogP contribution in [0.25, 0.3) is 16.8 Å². The third-order valence-electron chi connectivity index (χ3n) is 4.27. The zero-order valence-corrected chi connectivity index (χ0v) is 16.5. The van der Waals surface area contributed by atoms with Gasteiger partial charge < -0.3 is 11.1 Å². The second kappa shape index (κ2) is 8.39. The van der Waals surface area contributed by atoms with Gasteiger partial charge in [0.1, 0.15) is 0 Å². The van der Waals surface area contributed by atoms with Crippen molar-refractivity contribution >= 4 is 46.4 Å². The van der Waals surface area contributed by atoms with Crippen LogP contribution in [0.5, 0.6) is 0 Å². The van der Waals surface area contributed by atoms with E-state index >= 15 is 0 Å². The first kappa shape index (κ1) is 19.1. The Morgan fingerprint density at radius 3 is 2.67 bits per heavy atom. The Morgan fingerprint density at radius 1 is 1.07 bits per heavy atom. The number of aromatic nitrogens is 3. The fraction of sp³-hybridized carbons (Fsp3) is 0. The molecule has 0 saturated heterocycles. The van der Waals surface area contributed by atoms with Crippen LogP contribution in [0.1, 0.15) is 11.1 Å². The first-order chi connectivity index (χ1) is 14.7. The van der Waals surface area contributed by atoms with Crippen LogP contribution in [-0.4, -0.2) is 14.2 Å². The number of rotatable bonds is 5. The molecular weight excluding hydrogens is 394 g/mol. The molecule has 0 bridgehead atoms. The van der Waals surface area contributed by atoms with Crippen molar-refractivity contribution in [2.75, 3.05) is 11.1 Å². The molecule has 144 valence electrons. The lowest BCUT2D eigenvalue weighted by Crippen LogP contribution is -1.97. The summed E-state index contributed by atoms with van der Waals surface area (Å²) >= 11 is 1.36. The Bertz CT molecular complexity index is 1320. The number of nitrogens with one attached hydrogen (secondary N) is 1. The van der Waals surface area contributed by atoms with Gasteiger partial charge in [-0.3, -0.25) is 0 Å². The average Bonchev–Trinajstić information content (AvgIpc) is 3.11. The number of nitrogens with zero attached hydrogens (tertiary/aromatic N) is 5. The Balaban J connectivity index is 1.55. The number of fused-ring (bicyclic) bond motifs is 1. The summed E-state index contributed by atoms with van der Waals surface area (Å²) in [5.74, 6) is 0.647. The third-order valence-corrected chi connectivity index (χ3v) is 5.27. The Morgan fingerprint density at radius 2 is 1.90 bits per heavy atom. The molecule has 3 N–H and O–H groups in total. The van der Waals surface area contributed by atoms with Crippen LogP contribution >= 0.6 is 11.9 Å². The Kier molecular flexibility index (Phi) is 5.33. The second-order valence-electron chi connectivity index (χ2n) is 6.27. The maximum atomic E-state index is 9.10. The summed E-state index contributed by atoms with van der Waals surface area (Å²) in [5.41, 5.74) is 8.40. The highest BCUT2D eigenvalue weighted by Gasteiger charge is 2.11. The minimum absolute atomic E-state index is 0.265. The van der Waals surface area contributed by atoms with E-state index in [-0.39, 0.29) is 5.95 Å². The number of nitriles is 2. The van der Waals surface area contributed by atoms with E-state index in [2.05, 4.69) is 21.5 Å².